The van der Waals surface area contributed by atoms with Crippen molar-refractivity contribution in [2.75, 3.05) is 59.0 Å². The molecular formula is C68H84N28O26S3. The van der Waals surface area contributed by atoms with Crippen LogP contribution in [-0.2, 0) is 111 Å². The number of aromatic nitrogens is 8. The van der Waals surface area contributed by atoms with E-state index in [9.17, 15) is 111 Å². The fraction of sp³-hybridized carbons (Fsp3) is 0.397. The van der Waals surface area contributed by atoms with Gasteiger partial charge in [0.15, 0.2) is 17.1 Å². The average Bonchev–Trinajstić information content (AvgIpc) is 1.51. The SMILES string of the molecule is CC[C@H](C)[C@H](NC(=O)[C@H](Cc1c[nH]cn1)NC(=O)[C@H](CO)NC(=O)CNC(=O)c1coc(CNC(=O)CNC(=O)c2coc(CNC(=O)CNC(=O)[C@H](CC(N)=O)NC(=O)CNC(=O)CNC(=O)c3coc(-c4csc(CNC(=O)[C@H](CC(N)=O)NC(=O)[C@H](CO)NC(=O)c5csc(CNC(=O)CNC(=O)c6csc(CNC(=O)CN)n6)n5)n4)n3)n2)n1)C(=O)O. The number of H-pyrrole nitrogens is 1. The fourth-order valence-corrected chi connectivity index (χ4v) is 12.1. The number of carbonyl (C=O) groups is 20. The van der Waals surface area contributed by atoms with Crippen molar-refractivity contribution in [3.05, 3.63) is 108 Å². The Morgan fingerprint density at radius 3 is 1.35 bits per heavy atom. The molecule has 27 N–H and O–H groups in total. The summed E-state index contributed by atoms with van der Waals surface area (Å²) in [6.07, 6.45) is 4.14. The summed E-state index contributed by atoms with van der Waals surface area (Å²) < 4.78 is 15.8. The van der Waals surface area contributed by atoms with E-state index in [1.807, 2.05) is 0 Å². The minimum Gasteiger partial charge on any atom is -0.480 e. The number of carboxylic acid groups (broad SMARTS) is 1. The summed E-state index contributed by atoms with van der Waals surface area (Å²) in [6, 6.07) is -9.34. The Hall–Kier alpha value is -15.0. The van der Waals surface area contributed by atoms with E-state index in [0.717, 1.165) is 52.8 Å². The normalized spacial score (nSPS) is 12.5. The highest BCUT2D eigenvalue weighted by molar-refractivity contribution is 7.10. The first-order valence-corrected chi connectivity index (χ1v) is 39.4. The number of carbonyl (C=O) groups excluding carboxylic acids is 19. The first kappa shape index (κ1) is 97.1. The van der Waals surface area contributed by atoms with E-state index in [2.05, 4.69) is 130 Å². The number of aromatic amines is 1. The van der Waals surface area contributed by atoms with Crippen LogP contribution >= 0.6 is 34.0 Å². The molecule has 0 aliphatic rings. The lowest BCUT2D eigenvalue weighted by atomic mass is 9.98. The Morgan fingerprint density at radius 2 is 0.840 bits per heavy atom. The maximum absolute atomic E-state index is 13.3. The number of thiazole rings is 3. The zero-order valence-electron chi connectivity index (χ0n) is 65.7. The topological polar surface area (TPSA) is 830 Å². The molecule has 0 aromatic carbocycles. The largest absolute Gasteiger partial charge is 0.480 e. The summed E-state index contributed by atoms with van der Waals surface area (Å²) in [7, 11) is 0. The van der Waals surface area contributed by atoms with Crippen LogP contribution in [0, 0.1) is 5.92 Å². The van der Waals surface area contributed by atoms with Gasteiger partial charge in [-0.2, -0.15) is 0 Å². The number of primary amides is 2. The zero-order valence-corrected chi connectivity index (χ0v) is 68.2. The van der Waals surface area contributed by atoms with Gasteiger partial charge in [-0.15, -0.1) is 34.0 Å². The molecule has 7 heterocycles. The quantitative estimate of drug-likeness (QED) is 0.0168. The number of imidazole rings is 1. The molecule has 0 radical (unpaired) electrons. The van der Waals surface area contributed by atoms with Gasteiger partial charge >= 0.3 is 5.97 Å². The van der Waals surface area contributed by atoms with Crippen LogP contribution in [0.3, 0.4) is 0 Å². The Balaban J connectivity index is 0.745. The third-order valence-electron chi connectivity index (χ3n) is 16.6. The predicted molar refractivity (Wildman–Crippen MR) is 421 cm³/mol. The van der Waals surface area contributed by atoms with Crippen molar-refractivity contribution in [2.24, 2.45) is 23.1 Å². The Kier molecular flexibility index (Phi) is 37.7. The minimum absolute atomic E-state index is 0.0132. The van der Waals surface area contributed by atoms with Crippen LogP contribution in [0.15, 0.2) is 60.7 Å². The summed E-state index contributed by atoms with van der Waals surface area (Å²) >= 11 is 3.03. The van der Waals surface area contributed by atoms with Crippen LogP contribution in [0.1, 0.15) is 118 Å². The van der Waals surface area contributed by atoms with Gasteiger partial charge in [0.2, 0.25) is 100 Å². The molecule has 125 heavy (non-hydrogen) atoms. The van der Waals surface area contributed by atoms with Gasteiger partial charge in [-0.25, -0.2) is 39.7 Å². The number of nitrogens with two attached hydrogens (primary N) is 3. The molecule has 0 bridgehead atoms. The molecule has 0 fully saturated rings. The Bertz CT molecular complexity index is 5080. The van der Waals surface area contributed by atoms with Gasteiger partial charge in [0, 0.05) is 28.8 Å². The maximum Gasteiger partial charge on any atom is 0.326 e. The highest BCUT2D eigenvalue weighted by Gasteiger charge is 2.34. The Morgan fingerprint density at radius 1 is 0.424 bits per heavy atom. The Labute approximate surface area is 714 Å². The van der Waals surface area contributed by atoms with E-state index in [4.69, 9.17) is 30.5 Å². The third kappa shape index (κ3) is 32.2. The summed E-state index contributed by atoms with van der Waals surface area (Å²) in [6.45, 7) is -4.28. The van der Waals surface area contributed by atoms with Gasteiger partial charge in [0.1, 0.15) is 87.1 Å². The van der Waals surface area contributed by atoms with Gasteiger partial charge in [-0.3, -0.25) is 91.1 Å². The molecular weight excluding hydrogens is 1720 g/mol. The second-order valence-corrected chi connectivity index (χ2v) is 28.8. The highest BCUT2D eigenvalue weighted by Crippen LogP contribution is 2.22. The van der Waals surface area contributed by atoms with Crippen LogP contribution in [0.4, 0.5) is 0 Å². The van der Waals surface area contributed by atoms with Crippen molar-refractivity contribution >= 4 is 152 Å². The number of hydrogen-bond acceptors (Lipinski definition) is 36. The summed E-state index contributed by atoms with van der Waals surface area (Å²) in [5, 5.41) is 74.1. The number of amides is 19. The summed E-state index contributed by atoms with van der Waals surface area (Å²) in [5.41, 5.74) is 15.0. The number of rotatable bonds is 51. The van der Waals surface area contributed by atoms with Crippen LogP contribution < -0.4 is 108 Å². The molecule has 7 atom stereocenters. The van der Waals surface area contributed by atoms with Gasteiger partial charge in [0.05, 0.1) is 117 Å². The van der Waals surface area contributed by atoms with Gasteiger partial charge in [-0.1, -0.05) is 20.3 Å². The van der Waals surface area contributed by atoms with Gasteiger partial charge < -0.3 is 141 Å². The second-order valence-electron chi connectivity index (χ2n) is 26.0. The number of aliphatic carboxylic acids is 1. The number of aliphatic hydroxyl groups is 2. The lowest BCUT2D eigenvalue weighted by Gasteiger charge is -2.25. The summed E-state index contributed by atoms with van der Waals surface area (Å²) in [5.74, 6) is -19.6. The van der Waals surface area contributed by atoms with Crippen molar-refractivity contribution in [2.45, 2.75) is 109 Å². The van der Waals surface area contributed by atoms with E-state index >= 15 is 0 Å². The third-order valence-corrected chi connectivity index (χ3v) is 19.2. The van der Waals surface area contributed by atoms with Crippen molar-refractivity contribution in [1.29, 1.82) is 0 Å². The molecule has 0 saturated carbocycles. The summed E-state index contributed by atoms with van der Waals surface area (Å²) in [4.78, 5) is 284. The lowest BCUT2D eigenvalue weighted by Crippen LogP contribution is -2.58. The number of aliphatic hydroxyl groups excluding tert-OH is 2. The van der Waals surface area contributed by atoms with Crippen molar-refractivity contribution in [3.8, 4) is 11.6 Å². The first-order valence-electron chi connectivity index (χ1n) is 36.8. The molecule has 0 aliphatic carbocycles. The predicted octanol–water partition coefficient (Wildman–Crippen LogP) is -11.0. The number of nitrogens with zero attached hydrogens (tertiary/aromatic N) is 7. The minimum atomic E-state index is -1.69. The maximum atomic E-state index is 13.3. The number of hydrogen-bond donors (Lipinski definition) is 24. The zero-order chi connectivity index (χ0) is 91.4. The highest BCUT2D eigenvalue weighted by atomic mass is 32.1. The van der Waals surface area contributed by atoms with Gasteiger partial charge in [0.25, 0.3) is 29.5 Å². The van der Waals surface area contributed by atoms with E-state index in [1.54, 1.807) is 13.8 Å². The lowest BCUT2D eigenvalue weighted by molar-refractivity contribution is -0.144. The van der Waals surface area contributed by atoms with Crippen LogP contribution in [-0.4, -0.2) is 269 Å². The number of oxazole rings is 3. The van der Waals surface area contributed by atoms with Crippen molar-refractivity contribution < 1.29 is 124 Å². The smallest absolute Gasteiger partial charge is 0.326 e. The van der Waals surface area contributed by atoms with E-state index in [-0.39, 0.29) is 94.5 Å². The van der Waals surface area contributed by atoms with Crippen LogP contribution in [0.25, 0.3) is 11.6 Å². The molecule has 57 heteroatoms. The van der Waals surface area contributed by atoms with Crippen LogP contribution in [0.2, 0.25) is 0 Å². The molecule has 7 rings (SSSR count). The van der Waals surface area contributed by atoms with E-state index in [1.165, 1.54) is 28.7 Å². The van der Waals surface area contributed by atoms with Crippen molar-refractivity contribution in [3.63, 3.8) is 0 Å². The average molecular weight is 1810 g/mol. The molecule has 54 nitrogen and oxygen atoms in total. The standard InChI is InChI=1S/C68H84N28O26S3/c1-3-29(2)56(68(118)119)96-63(114)31(4-30-8-72-28-84-30)92-64(115)34(20-97)86-50(107)14-82-60(111)37-23-121-52(88-37)16-75-47(104)11-79-59(110)36-22-120-51(87-36)15-74-46(103)10-78-57(108)32(5-42(70)99)85-49(106)13-73-45(102)9-80-61(112)38-24-122-67(95-38)41-27-125-55(91-41)19-83-58(109)33(6-43(71)100)93-65(116)35(21-98)94-66(117)40-26-124-54(90-40)18-77-48(105)12-81-62(113)39-25-123-53(89-39)17-76-44(101)7-69/h8,22-29,31-35,56,97-98H,3-7,9-21,69H2,1-2H3,(H2,70,99)(H2,71,100)(H,72,84)(H,73,102)(H,74,103)(H,75,104)(H,76,101)(H,77,105)(H,78,108)(H,79,110)(H,80,112)(H,81,113)(H,82,111)(H,83,109)(H,85,106)(H,86,107)(H,92,115)(H,93,116)(H,94,117)(H,96,114)(H,118,119)/t29-,31-,32-,33-,34-,35-,56-/m0/s1. The molecule has 0 aliphatic heterocycles. The molecule has 7 aromatic heterocycles. The first-order chi connectivity index (χ1) is 59.6. The molecule has 19 amide bonds. The van der Waals surface area contributed by atoms with E-state index in [0.29, 0.717) is 17.1 Å². The molecule has 0 saturated heterocycles. The second kappa shape index (κ2) is 48.5. The van der Waals surface area contributed by atoms with Gasteiger partial charge in [-0.05, 0) is 5.92 Å². The monoisotopic (exact) mass is 1800 g/mol. The molecule has 670 valence electrons. The fourth-order valence-electron chi connectivity index (χ4n) is 9.98. The number of carboxylic acids is 1. The molecule has 0 spiro atoms. The molecule has 0 unspecified atom stereocenters. The number of nitrogens with one attached hydrogen (secondary N) is 18. The van der Waals surface area contributed by atoms with E-state index < -0.39 is 239 Å². The molecule has 7 aromatic rings. The van der Waals surface area contributed by atoms with Crippen LogP contribution in [0.5, 0.6) is 0 Å². The van der Waals surface area contributed by atoms with Crippen molar-refractivity contribution in [1.82, 2.24) is 130 Å².